The maximum absolute atomic E-state index is 14.5. The number of rotatable bonds is 7. The van der Waals surface area contributed by atoms with Gasteiger partial charge in [-0.05, 0) is 61.9 Å². The van der Waals surface area contributed by atoms with Crippen LogP contribution in [-0.4, -0.2) is 50.8 Å². The largest absolute Gasteiger partial charge is 0.496 e. The number of nitrogens with two attached hydrogens (primary N) is 1. The van der Waals surface area contributed by atoms with Gasteiger partial charge < -0.3 is 10.5 Å². The number of nitrogen functional groups attached to an aromatic ring is 1. The number of piperidine rings is 1. The van der Waals surface area contributed by atoms with Crippen LogP contribution in [0.3, 0.4) is 0 Å². The van der Waals surface area contributed by atoms with Gasteiger partial charge in [-0.3, -0.25) is 15.3 Å². The predicted molar refractivity (Wildman–Crippen MR) is 136 cm³/mol. The van der Waals surface area contributed by atoms with E-state index in [9.17, 15) is 4.39 Å². The minimum absolute atomic E-state index is 0.189. The second-order valence-corrected chi connectivity index (χ2v) is 8.97. The number of hydrogen-bond acceptors (Lipinski definition) is 7. The molecular formula is C27H28FN7O. The fourth-order valence-electron chi connectivity index (χ4n) is 4.72. The molecule has 0 spiro atoms. The number of halogens is 1. The highest BCUT2D eigenvalue weighted by atomic mass is 19.1. The number of nitrogens with one attached hydrogen (secondary N) is 1. The van der Waals surface area contributed by atoms with Gasteiger partial charge in [0.25, 0.3) is 0 Å². The van der Waals surface area contributed by atoms with Crippen LogP contribution in [0.2, 0.25) is 0 Å². The first-order chi connectivity index (χ1) is 17.5. The van der Waals surface area contributed by atoms with Crippen molar-refractivity contribution >= 4 is 11.4 Å². The van der Waals surface area contributed by atoms with Gasteiger partial charge in [-0.15, -0.1) is 5.10 Å². The van der Waals surface area contributed by atoms with Gasteiger partial charge in [0.15, 0.2) is 0 Å². The molecule has 184 valence electrons. The first-order valence-electron chi connectivity index (χ1n) is 11.9. The summed E-state index contributed by atoms with van der Waals surface area (Å²) < 4.78 is 21.6. The van der Waals surface area contributed by atoms with E-state index in [4.69, 9.17) is 15.9 Å². The van der Waals surface area contributed by atoms with Crippen molar-refractivity contribution in [2.24, 2.45) is 0 Å². The average molecular weight is 486 g/mol. The fraction of sp³-hybridized carbons (Fsp3) is 0.259. The van der Waals surface area contributed by atoms with Gasteiger partial charge in [-0.1, -0.05) is 11.3 Å². The van der Waals surface area contributed by atoms with Crippen LogP contribution in [0, 0.1) is 11.2 Å². The predicted octanol–water partition coefficient (Wildman–Crippen LogP) is 4.19. The van der Waals surface area contributed by atoms with Crippen LogP contribution in [0.4, 0.5) is 10.1 Å². The van der Waals surface area contributed by atoms with Gasteiger partial charge in [0.2, 0.25) is 0 Å². The van der Waals surface area contributed by atoms with Crippen LogP contribution < -0.4 is 10.5 Å². The maximum atomic E-state index is 14.5. The Balaban J connectivity index is 1.34. The molecule has 8 nitrogen and oxygen atoms in total. The quantitative estimate of drug-likeness (QED) is 0.300. The summed E-state index contributed by atoms with van der Waals surface area (Å²) in [6.07, 6.45) is 7.22. The normalized spacial score (nSPS) is 16.1. The van der Waals surface area contributed by atoms with E-state index in [0.717, 1.165) is 42.9 Å². The highest BCUT2D eigenvalue weighted by Gasteiger charge is 2.25. The number of pyridine rings is 1. The summed E-state index contributed by atoms with van der Waals surface area (Å²) in [6, 6.07) is 14.0. The van der Waals surface area contributed by atoms with Crippen LogP contribution >= 0.6 is 0 Å². The van der Waals surface area contributed by atoms with E-state index in [-0.39, 0.29) is 11.7 Å². The topological polar surface area (TPSA) is 106 Å². The van der Waals surface area contributed by atoms with E-state index in [1.807, 2.05) is 18.3 Å². The second-order valence-electron chi connectivity index (χ2n) is 8.97. The molecule has 0 unspecified atom stereocenters. The molecule has 0 aliphatic carbocycles. The molecule has 1 aliphatic rings. The Morgan fingerprint density at radius 3 is 2.83 bits per heavy atom. The fourth-order valence-corrected chi connectivity index (χ4v) is 4.72. The highest BCUT2D eigenvalue weighted by Crippen LogP contribution is 2.30. The lowest BCUT2D eigenvalue weighted by atomic mass is 9.95. The third-order valence-electron chi connectivity index (χ3n) is 6.65. The molecule has 1 fully saturated rings. The van der Waals surface area contributed by atoms with Gasteiger partial charge in [0.1, 0.15) is 11.6 Å². The average Bonchev–Trinajstić information content (AvgIpc) is 3.41. The number of anilines is 1. The van der Waals surface area contributed by atoms with Crippen LogP contribution in [0.1, 0.15) is 41.1 Å². The molecule has 3 N–H and O–H groups in total. The Labute approximate surface area is 209 Å². The molecule has 1 saturated heterocycles. The van der Waals surface area contributed by atoms with E-state index in [1.165, 1.54) is 6.07 Å². The lowest BCUT2D eigenvalue weighted by Crippen LogP contribution is -2.34. The zero-order valence-corrected chi connectivity index (χ0v) is 20.1. The third kappa shape index (κ3) is 4.83. The number of aromatic nitrogens is 4. The summed E-state index contributed by atoms with van der Waals surface area (Å²) in [4.78, 5) is 6.26. The first kappa shape index (κ1) is 23.6. The third-order valence-corrected chi connectivity index (χ3v) is 6.65. The Morgan fingerprint density at radius 2 is 2.03 bits per heavy atom. The van der Waals surface area contributed by atoms with E-state index >= 15 is 0 Å². The summed E-state index contributed by atoms with van der Waals surface area (Å²) in [5.74, 6) is 0.507. The molecule has 0 radical (unpaired) electrons. The number of nitrogens with zero attached hydrogens (tertiary/aromatic N) is 5. The molecule has 2 aromatic heterocycles. The van der Waals surface area contributed by atoms with E-state index in [0.29, 0.717) is 34.8 Å². The first-order valence-corrected chi connectivity index (χ1v) is 11.9. The van der Waals surface area contributed by atoms with Crippen LogP contribution in [0.5, 0.6) is 5.75 Å². The van der Waals surface area contributed by atoms with Crippen molar-refractivity contribution in [2.45, 2.75) is 25.3 Å². The molecule has 4 aromatic rings. The van der Waals surface area contributed by atoms with Gasteiger partial charge in [0, 0.05) is 53.8 Å². The lowest BCUT2D eigenvalue weighted by Gasteiger charge is -2.32. The Bertz CT molecular complexity index is 1370. The molecule has 36 heavy (non-hydrogen) atoms. The van der Waals surface area contributed by atoms with Crippen LogP contribution in [-0.2, 0) is 6.54 Å². The summed E-state index contributed by atoms with van der Waals surface area (Å²) in [6.45, 7) is 2.13. The Kier molecular flexibility index (Phi) is 6.73. The van der Waals surface area contributed by atoms with Crippen LogP contribution in [0.25, 0.3) is 5.69 Å². The zero-order valence-electron chi connectivity index (χ0n) is 20.1. The van der Waals surface area contributed by atoms with Crippen molar-refractivity contribution in [3.63, 3.8) is 0 Å². The van der Waals surface area contributed by atoms with E-state index in [1.54, 1.807) is 54.5 Å². The minimum atomic E-state index is -0.251. The molecule has 5 rings (SSSR count). The minimum Gasteiger partial charge on any atom is -0.496 e. The van der Waals surface area contributed by atoms with Crippen LogP contribution in [0.15, 0.2) is 67.1 Å². The molecule has 2 aromatic carbocycles. The number of benzene rings is 2. The molecule has 1 atom stereocenters. The number of methoxy groups -OCH3 is 1. The molecule has 0 amide bonds. The zero-order chi connectivity index (χ0) is 25.1. The highest BCUT2D eigenvalue weighted by molar-refractivity contribution is 6.14. The Hall–Kier alpha value is -4.11. The summed E-state index contributed by atoms with van der Waals surface area (Å²) in [5, 5.41) is 17.4. The monoisotopic (exact) mass is 485 g/mol. The van der Waals surface area contributed by atoms with Crippen molar-refractivity contribution < 1.29 is 9.13 Å². The summed E-state index contributed by atoms with van der Waals surface area (Å²) in [7, 11) is 1.57. The van der Waals surface area contributed by atoms with Crippen molar-refractivity contribution in [2.75, 3.05) is 25.9 Å². The molecular weight excluding hydrogens is 457 g/mol. The molecule has 0 saturated carbocycles. The number of ether oxygens (including phenoxy) is 1. The summed E-state index contributed by atoms with van der Waals surface area (Å²) >= 11 is 0. The second kappa shape index (κ2) is 10.2. The number of hydrogen-bond donors (Lipinski definition) is 2. The van der Waals surface area contributed by atoms with Crippen molar-refractivity contribution in [3.8, 4) is 11.4 Å². The molecule has 1 aliphatic heterocycles. The lowest BCUT2D eigenvalue weighted by molar-refractivity contribution is 0.194. The molecule has 3 heterocycles. The van der Waals surface area contributed by atoms with E-state index in [2.05, 4.69) is 20.2 Å². The maximum Gasteiger partial charge on any atom is 0.131 e. The standard InChI is InChI=1S/C27H28FN7O/c1-36-26-6-2-5-23(28)22(26)16-34-13-3-4-19(15-34)25-17-35(33-32-25)20-7-8-24(29)21(14-20)27(30)18-9-11-31-12-10-18/h2,5-12,14,17,19,30H,3-4,13,15-16,29H2,1H3/t19-/m1/s1. The van der Waals surface area contributed by atoms with Crippen molar-refractivity contribution in [3.05, 3.63) is 95.3 Å². The van der Waals surface area contributed by atoms with Gasteiger partial charge in [-0.2, -0.15) is 0 Å². The van der Waals surface area contributed by atoms with Crippen molar-refractivity contribution in [1.82, 2.24) is 24.9 Å². The van der Waals surface area contributed by atoms with Gasteiger partial charge in [-0.25, -0.2) is 9.07 Å². The van der Waals surface area contributed by atoms with Gasteiger partial charge >= 0.3 is 0 Å². The number of likely N-dealkylation sites (tertiary alicyclic amines) is 1. The van der Waals surface area contributed by atoms with Gasteiger partial charge in [0.05, 0.1) is 30.4 Å². The smallest absolute Gasteiger partial charge is 0.131 e. The van der Waals surface area contributed by atoms with E-state index < -0.39 is 0 Å². The summed E-state index contributed by atoms with van der Waals surface area (Å²) in [5.41, 5.74) is 10.6. The SMILES string of the molecule is COc1cccc(F)c1CN1CCC[C@@H](c2cn(-c3ccc(N)c(C(=N)c4ccncc4)c3)nn2)C1. The Morgan fingerprint density at radius 1 is 1.19 bits per heavy atom. The van der Waals surface area contributed by atoms with Crippen molar-refractivity contribution in [1.29, 1.82) is 5.41 Å². The molecule has 0 bridgehead atoms. The molecule has 9 heteroatoms.